The lowest BCUT2D eigenvalue weighted by Crippen LogP contribution is -2.60. The van der Waals surface area contributed by atoms with E-state index in [0.717, 1.165) is 10.6 Å². The number of rotatable bonds is 8. The fourth-order valence-electron chi connectivity index (χ4n) is 8.00. The van der Waals surface area contributed by atoms with E-state index in [9.17, 15) is 24.3 Å². The Bertz CT molecular complexity index is 2010. The van der Waals surface area contributed by atoms with Crippen LogP contribution < -0.4 is 14.5 Å². The topological polar surface area (TPSA) is 132 Å². The molecule has 0 aromatic heterocycles. The Kier molecular flexibility index (Phi) is 9.00. The lowest BCUT2D eigenvalue weighted by Gasteiger charge is -2.50. The molecule has 6 atom stereocenters. The molecular formula is C37H34BrCl2N5O6. The third-order valence-electron chi connectivity index (χ3n) is 10.4. The predicted octanol–water partition coefficient (Wildman–Crippen LogP) is 7.19. The Labute approximate surface area is 313 Å². The summed E-state index contributed by atoms with van der Waals surface area (Å²) >= 11 is 17.8. The van der Waals surface area contributed by atoms with Gasteiger partial charge in [0.05, 0.1) is 41.0 Å². The fourth-order valence-corrected chi connectivity index (χ4v) is 9.42. The number of phenols is 1. The second kappa shape index (κ2) is 13.1. The van der Waals surface area contributed by atoms with Gasteiger partial charge in [-0.05, 0) is 80.3 Å². The average Bonchev–Trinajstić information content (AvgIpc) is 3.46. The van der Waals surface area contributed by atoms with Crippen molar-refractivity contribution < 1.29 is 29.0 Å². The van der Waals surface area contributed by atoms with Crippen LogP contribution in [0.2, 0.25) is 0 Å². The molecule has 2 aliphatic carbocycles. The van der Waals surface area contributed by atoms with Crippen molar-refractivity contribution in [3.8, 4) is 11.5 Å². The van der Waals surface area contributed by atoms with E-state index in [4.69, 9.17) is 27.9 Å². The maximum atomic E-state index is 14.4. The third-order valence-corrected chi connectivity index (χ3v) is 12.3. The third kappa shape index (κ3) is 5.28. The number of hydrogen-bond acceptors (Lipinski definition) is 9. The van der Waals surface area contributed by atoms with Gasteiger partial charge in [-0.3, -0.25) is 29.0 Å². The summed E-state index contributed by atoms with van der Waals surface area (Å²) in [4.78, 5) is 56.4. The van der Waals surface area contributed by atoms with Crippen molar-refractivity contribution >= 4 is 85.5 Å². The highest BCUT2D eigenvalue weighted by molar-refractivity contribution is 9.09. The highest BCUT2D eigenvalue weighted by atomic mass is 79.9. The molecule has 3 aromatic rings. The van der Waals surface area contributed by atoms with E-state index in [1.165, 1.54) is 4.90 Å². The van der Waals surface area contributed by atoms with E-state index in [2.05, 4.69) is 26.2 Å². The zero-order valence-electron chi connectivity index (χ0n) is 27.9. The molecule has 264 valence electrons. The number of para-hydroxylation sites is 1. The molecule has 14 heteroatoms. The lowest BCUT2D eigenvalue weighted by molar-refractivity contribution is -0.138. The van der Waals surface area contributed by atoms with Gasteiger partial charge in [0.2, 0.25) is 11.8 Å². The van der Waals surface area contributed by atoms with Crippen LogP contribution in [0.5, 0.6) is 11.5 Å². The Balaban J connectivity index is 1.23. The number of allylic oxidation sites excluding steroid dienone is 2. The van der Waals surface area contributed by atoms with E-state index in [0.29, 0.717) is 22.6 Å². The molecule has 4 amide bonds. The van der Waals surface area contributed by atoms with Crippen molar-refractivity contribution in [2.45, 2.75) is 35.4 Å². The quantitative estimate of drug-likeness (QED) is 0.0840. The van der Waals surface area contributed by atoms with Crippen molar-refractivity contribution in [2.75, 3.05) is 36.0 Å². The number of phenolic OH excluding ortho intramolecular Hbond substituents is 1. The molecule has 1 saturated carbocycles. The van der Waals surface area contributed by atoms with Crippen LogP contribution in [0.15, 0.2) is 88.6 Å². The zero-order valence-corrected chi connectivity index (χ0v) is 31.0. The smallest absolute Gasteiger partial charge is 0.254 e. The number of aromatic hydroxyl groups is 1. The van der Waals surface area contributed by atoms with E-state index in [1.54, 1.807) is 49.4 Å². The standard InChI is InChI=1S/C37H34BrCl2N5O6/c1-4-51-28-7-5-6-26(31(28)46)30-24-16-17-25-29(27(24)18-36(39)34(49)44(19-38)35(50)37(30,36)40)33(48)45(32(25)47)23-14-10-21(11-15-23)42-41-20-8-12-22(13-9-20)43(2)3/h5-16,25,27,29-30,46H,4,17-19H2,1-3H3/t25-,27+,29-,30+,36+,37-/m0/s1. The molecule has 2 heterocycles. The Morgan fingerprint density at radius 2 is 1.57 bits per heavy atom. The second-order valence-electron chi connectivity index (χ2n) is 13.3. The number of imide groups is 2. The number of anilines is 2. The number of nitrogens with zero attached hydrogens (tertiary/aromatic N) is 5. The molecule has 7 rings (SSSR count). The number of likely N-dealkylation sites (tertiary alicyclic amines) is 1. The summed E-state index contributed by atoms with van der Waals surface area (Å²) in [5.74, 6) is -5.80. The highest BCUT2D eigenvalue weighted by Gasteiger charge is 2.76. The van der Waals surface area contributed by atoms with Gasteiger partial charge >= 0.3 is 0 Å². The molecule has 51 heavy (non-hydrogen) atoms. The monoisotopic (exact) mass is 793 g/mol. The summed E-state index contributed by atoms with van der Waals surface area (Å²) in [6.45, 7) is 2.03. The Morgan fingerprint density at radius 1 is 0.922 bits per heavy atom. The number of halogens is 3. The molecule has 2 aliphatic heterocycles. The molecule has 11 nitrogen and oxygen atoms in total. The molecule has 1 N–H and O–H groups in total. The van der Waals surface area contributed by atoms with Gasteiger partial charge in [0, 0.05) is 31.3 Å². The van der Waals surface area contributed by atoms with E-state index in [1.807, 2.05) is 49.3 Å². The molecule has 0 bridgehead atoms. The van der Waals surface area contributed by atoms with Gasteiger partial charge in [-0.1, -0.05) is 39.7 Å². The normalized spacial score (nSPS) is 28.5. The molecule has 0 spiro atoms. The summed E-state index contributed by atoms with van der Waals surface area (Å²) in [6.07, 6.45) is 1.84. The minimum absolute atomic E-state index is 0.148. The van der Waals surface area contributed by atoms with Crippen LogP contribution >= 0.6 is 39.1 Å². The first-order chi connectivity index (χ1) is 24.4. The summed E-state index contributed by atoms with van der Waals surface area (Å²) in [6, 6.07) is 19.1. The Hall–Kier alpha value is -4.26. The van der Waals surface area contributed by atoms with Crippen molar-refractivity contribution in [3.05, 3.63) is 83.9 Å². The first-order valence-corrected chi connectivity index (χ1v) is 18.4. The Morgan fingerprint density at radius 3 is 2.18 bits per heavy atom. The van der Waals surface area contributed by atoms with Crippen LogP contribution in [0, 0.1) is 17.8 Å². The molecule has 3 fully saturated rings. The minimum Gasteiger partial charge on any atom is -0.504 e. The summed E-state index contributed by atoms with van der Waals surface area (Å²) in [5, 5.41) is 20.1. The SMILES string of the molecule is CCOc1cccc([C@H]2C3=CC[C@@H]4C(=O)N(c5ccc(N=Nc6ccc(N(C)C)cc6)cc5)C(=O)[C@@H]4[C@@H]3C[C@@]3(Cl)C(=O)N(CBr)C(=O)[C@@]23Cl)c1O. The van der Waals surface area contributed by atoms with Gasteiger partial charge in [0.15, 0.2) is 21.2 Å². The van der Waals surface area contributed by atoms with Crippen LogP contribution in [0.3, 0.4) is 0 Å². The fraction of sp³-hybridized carbons (Fsp3) is 0.351. The van der Waals surface area contributed by atoms with Gasteiger partial charge in [0.1, 0.15) is 0 Å². The van der Waals surface area contributed by atoms with Crippen LogP contribution in [0.25, 0.3) is 0 Å². The average molecular weight is 796 g/mol. The summed E-state index contributed by atoms with van der Waals surface area (Å²) in [7, 11) is 3.91. The van der Waals surface area contributed by atoms with Crippen molar-refractivity contribution in [2.24, 2.45) is 28.0 Å². The van der Waals surface area contributed by atoms with Crippen molar-refractivity contribution in [1.29, 1.82) is 0 Å². The number of carbonyl (C=O) groups excluding carboxylic acids is 4. The first kappa shape index (κ1) is 35.2. The molecular weight excluding hydrogens is 761 g/mol. The van der Waals surface area contributed by atoms with Crippen LogP contribution in [0.4, 0.5) is 22.7 Å². The molecule has 0 unspecified atom stereocenters. The van der Waals surface area contributed by atoms with E-state index >= 15 is 0 Å². The highest BCUT2D eigenvalue weighted by Crippen LogP contribution is 2.66. The van der Waals surface area contributed by atoms with Crippen LogP contribution in [0.1, 0.15) is 31.2 Å². The number of azo groups is 1. The molecule has 4 aliphatic rings. The second-order valence-corrected chi connectivity index (χ2v) is 15.0. The predicted molar refractivity (Wildman–Crippen MR) is 196 cm³/mol. The lowest BCUT2D eigenvalue weighted by atomic mass is 9.56. The zero-order chi connectivity index (χ0) is 36.4. The number of amides is 4. The minimum atomic E-state index is -2.04. The van der Waals surface area contributed by atoms with Gasteiger partial charge in [0.25, 0.3) is 11.8 Å². The summed E-state index contributed by atoms with van der Waals surface area (Å²) in [5.41, 5.74) is 3.26. The molecule has 2 saturated heterocycles. The van der Waals surface area contributed by atoms with Gasteiger partial charge in [-0.15, -0.1) is 23.2 Å². The number of benzene rings is 3. The van der Waals surface area contributed by atoms with Crippen LogP contribution in [-0.2, 0) is 19.2 Å². The number of hydrogen-bond donors (Lipinski definition) is 1. The molecule has 3 aromatic carbocycles. The van der Waals surface area contributed by atoms with Gasteiger partial charge < -0.3 is 14.7 Å². The van der Waals surface area contributed by atoms with Gasteiger partial charge in [-0.2, -0.15) is 10.2 Å². The van der Waals surface area contributed by atoms with Gasteiger partial charge in [-0.25, -0.2) is 0 Å². The number of carbonyl (C=O) groups is 4. The number of ether oxygens (including phenoxy) is 1. The first-order valence-electron chi connectivity index (χ1n) is 16.5. The largest absolute Gasteiger partial charge is 0.504 e. The van der Waals surface area contributed by atoms with Crippen molar-refractivity contribution in [3.63, 3.8) is 0 Å². The van der Waals surface area contributed by atoms with Crippen LogP contribution in [-0.4, -0.2) is 69.5 Å². The summed E-state index contributed by atoms with van der Waals surface area (Å²) < 4.78 is 5.65. The van der Waals surface area contributed by atoms with E-state index < -0.39 is 51.1 Å². The molecule has 0 radical (unpaired) electrons. The van der Waals surface area contributed by atoms with Crippen molar-refractivity contribution in [1.82, 2.24) is 4.90 Å². The maximum absolute atomic E-state index is 14.4. The number of alkyl halides is 3. The number of fused-ring (bicyclic) bond motifs is 4. The maximum Gasteiger partial charge on any atom is 0.254 e. The van der Waals surface area contributed by atoms with E-state index in [-0.39, 0.29) is 47.9 Å².